The van der Waals surface area contributed by atoms with Crippen molar-refractivity contribution >= 4 is 22.7 Å². The molecule has 0 atom stereocenters. The standard InChI is InChI=1S/C23H19FN2O3/c1-2-15-3-10-19(11-4-15)28-14-22(27)25-18-9-12-21-20(13-18)26-23(29-21)16-5-7-17(24)8-6-16/h3-13H,2,14H2,1H3,(H,25,27). The lowest BCUT2D eigenvalue weighted by molar-refractivity contribution is -0.118. The maximum Gasteiger partial charge on any atom is 0.262 e. The molecule has 0 saturated heterocycles. The third kappa shape index (κ3) is 4.43. The number of anilines is 1. The van der Waals surface area contributed by atoms with Gasteiger partial charge in [0.2, 0.25) is 5.89 Å². The Balaban J connectivity index is 1.42. The molecule has 1 amide bonds. The van der Waals surface area contributed by atoms with E-state index in [-0.39, 0.29) is 18.3 Å². The number of nitrogens with zero attached hydrogens (tertiary/aromatic N) is 1. The number of halogens is 1. The molecule has 0 aliphatic carbocycles. The van der Waals surface area contributed by atoms with Crippen LogP contribution in [0.3, 0.4) is 0 Å². The van der Waals surface area contributed by atoms with Crippen molar-refractivity contribution in [2.45, 2.75) is 13.3 Å². The van der Waals surface area contributed by atoms with Gasteiger partial charge in [-0.15, -0.1) is 0 Å². The first-order chi connectivity index (χ1) is 14.1. The third-order valence-electron chi connectivity index (χ3n) is 4.46. The molecule has 146 valence electrons. The topological polar surface area (TPSA) is 64.4 Å². The molecular weight excluding hydrogens is 371 g/mol. The average molecular weight is 390 g/mol. The van der Waals surface area contributed by atoms with E-state index in [0.29, 0.717) is 34.0 Å². The van der Waals surface area contributed by atoms with E-state index in [9.17, 15) is 9.18 Å². The minimum Gasteiger partial charge on any atom is -0.484 e. The molecule has 0 radical (unpaired) electrons. The molecule has 6 heteroatoms. The highest BCUT2D eigenvalue weighted by molar-refractivity contribution is 5.94. The van der Waals surface area contributed by atoms with E-state index in [1.165, 1.54) is 17.7 Å². The first kappa shape index (κ1) is 18.7. The molecule has 1 heterocycles. The fourth-order valence-corrected chi connectivity index (χ4v) is 2.89. The molecule has 0 spiro atoms. The van der Waals surface area contributed by atoms with Gasteiger partial charge in [-0.25, -0.2) is 9.37 Å². The Morgan fingerprint density at radius 1 is 1.07 bits per heavy atom. The highest BCUT2D eigenvalue weighted by Gasteiger charge is 2.10. The molecular formula is C23H19FN2O3. The van der Waals surface area contributed by atoms with Crippen LogP contribution in [0.4, 0.5) is 10.1 Å². The van der Waals surface area contributed by atoms with E-state index < -0.39 is 0 Å². The van der Waals surface area contributed by atoms with Gasteiger partial charge in [0.1, 0.15) is 17.1 Å². The first-order valence-electron chi connectivity index (χ1n) is 9.29. The second-order valence-corrected chi connectivity index (χ2v) is 6.54. The van der Waals surface area contributed by atoms with Gasteiger partial charge in [0, 0.05) is 11.3 Å². The second kappa shape index (κ2) is 8.14. The predicted molar refractivity (Wildman–Crippen MR) is 109 cm³/mol. The van der Waals surface area contributed by atoms with Gasteiger partial charge in [0.25, 0.3) is 5.91 Å². The van der Waals surface area contributed by atoms with Gasteiger partial charge in [-0.3, -0.25) is 4.79 Å². The van der Waals surface area contributed by atoms with Crippen molar-refractivity contribution in [3.8, 4) is 17.2 Å². The van der Waals surface area contributed by atoms with Crippen LogP contribution in [0.5, 0.6) is 5.75 Å². The van der Waals surface area contributed by atoms with E-state index in [1.54, 1.807) is 30.3 Å². The Morgan fingerprint density at radius 3 is 2.55 bits per heavy atom. The Labute approximate surface area is 167 Å². The number of amides is 1. The summed E-state index contributed by atoms with van der Waals surface area (Å²) in [5.74, 6) is 0.445. The van der Waals surface area contributed by atoms with Gasteiger partial charge in [-0.05, 0) is 66.6 Å². The van der Waals surface area contributed by atoms with E-state index in [4.69, 9.17) is 9.15 Å². The fourth-order valence-electron chi connectivity index (χ4n) is 2.89. The zero-order chi connectivity index (χ0) is 20.2. The second-order valence-electron chi connectivity index (χ2n) is 6.54. The molecule has 0 aliphatic heterocycles. The number of nitrogens with one attached hydrogen (secondary N) is 1. The van der Waals surface area contributed by atoms with Crippen LogP contribution in [0.2, 0.25) is 0 Å². The summed E-state index contributed by atoms with van der Waals surface area (Å²) in [6, 6.07) is 18.8. The average Bonchev–Trinajstić information content (AvgIpc) is 3.16. The van der Waals surface area contributed by atoms with Gasteiger partial charge >= 0.3 is 0 Å². The maximum atomic E-state index is 13.1. The normalized spacial score (nSPS) is 10.8. The molecule has 0 unspecified atom stereocenters. The monoisotopic (exact) mass is 390 g/mol. The van der Waals surface area contributed by atoms with Crippen LogP contribution in [-0.4, -0.2) is 17.5 Å². The summed E-state index contributed by atoms with van der Waals surface area (Å²) in [4.78, 5) is 16.6. The summed E-state index contributed by atoms with van der Waals surface area (Å²) in [5, 5.41) is 2.79. The quantitative estimate of drug-likeness (QED) is 0.491. The number of hydrogen-bond acceptors (Lipinski definition) is 4. The molecule has 4 aromatic rings. The number of aryl methyl sites for hydroxylation is 1. The summed E-state index contributed by atoms with van der Waals surface area (Å²) in [5.41, 5.74) is 3.65. The van der Waals surface area contributed by atoms with Gasteiger partial charge in [-0.1, -0.05) is 19.1 Å². The highest BCUT2D eigenvalue weighted by atomic mass is 19.1. The summed E-state index contributed by atoms with van der Waals surface area (Å²) in [6.07, 6.45) is 0.953. The molecule has 0 aliphatic rings. The molecule has 1 aromatic heterocycles. The number of rotatable bonds is 6. The predicted octanol–water partition coefficient (Wildman–Crippen LogP) is 5.21. The van der Waals surface area contributed by atoms with E-state index in [1.807, 2.05) is 24.3 Å². The number of carbonyl (C=O) groups excluding carboxylic acids is 1. The summed E-state index contributed by atoms with van der Waals surface area (Å²) >= 11 is 0. The number of carbonyl (C=O) groups is 1. The van der Waals surface area contributed by atoms with Crippen molar-refractivity contribution in [1.82, 2.24) is 4.98 Å². The molecule has 1 N–H and O–H groups in total. The van der Waals surface area contributed by atoms with Crippen LogP contribution in [-0.2, 0) is 11.2 Å². The molecule has 5 nitrogen and oxygen atoms in total. The molecule has 29 heavy (non-hydrogen) atoms. The Kier molecular flexibility index (Phi) is 5.24. The lowest BCUT2D eigenvalue weighted by Crippen LogP contribution is -2.20. The minimum atomic E-state index is -0.321. The van der Waals surface area contributed by atoms with Gasteiger partial charge in [0.15, 0.2) is 12.2 Å². The molecule has 4 rings (SSSR count). The smallest absolute Gasteiger partial charge is 0.262 e. The Morgan fingerprint density at radius 2 is 1.83 bits per heavy atom. The number of oxazole rings is 1. The Bertz CT molecular complexity index is 1140. The largest absolute Gasteiger partial charge is 0.484 e. The summed E-state index contributed by atoms with van der Waals surface area (Å²) in [6.45, 7) is 1.99. The van der Waals surface area contributed by atoms with Crippen LogP contribution in [0.1, 0.15) is 12.5 Å². The van der Waals surface area contributed by atoms with Crippen molar-refractivity contribution in [2.75, 3.05) is 11.9 Å². The van der Waals surface area contributed by atoms with E-state index >= 15 is 0 Å². The molecule has 0 bridgehead atoms. The molecule has 3 aromatic carbocycles. The minimum absolute atomic E-state index is 0.0941. The number of benzene rings is 3. The summed E-state index contributed by atoms with van der Waals surface area (Å²) < 4.78 is 24.3. The SMILES string of the molecule is CCc1ccc(OCC(=O)Nc2ccc3oc(-c4ccc(F)cc4)nc3c2)cc1. The first-order valence-corrected chi connectivity index (χ1v) is 9.29. The highest BCUT2D eigenvalue weighted by Crippen LogP contribution is 2.26. The number of hydrogen-bond donors (Lipinski definition) is 1. The van der Waals surface area contributed by atoms with Crippen LogP contribution >= 0.6 is 0 Å². The third-order valence-corrected chi connectivity index (χ3v) is 4.46. The van der Waals surface area contributed by atoms with E-state index in [0.717, 1.165) is 6.42 Å². The zero-order valence-electron chi connectivity index (χ0n) is 15.8. The number of ether oxygens (including phenoxy) is 1. The van der Waals surface area contributed by atoms with E-state index in [2.05, 4.69) is 17.2 Å². The molecule has 0 fully saturated rings. The Hall–Kier alpha value is -3.67. The number of aromatic nitrogens is 1. The lowest BCUT2D eigenvalue weighted by atomic mass is 10.2. The van der Waals surface area contributed by atoms with Crippen molar-refractivity contribution in [1.29, 1.82) is 0 Å². The van der Waals surface area contributed by atoms with Crippen LogP contribution < -0.4 is 10.1 Å². The van der Waals surface area contributed by atoms with Crippen LogP contribution in [0.15, 0.2) is 71.1 Å². The lowest BCUT2D eigenvalue weighted by Gasteiger charge is -2.08. The van der Waals surface area contributed by atoms with Crippen molar-refractivity contribution in [2.24, 2.45) is 0 Å². The number of fused-ring (bicyclic) bond motifs is 1. The van der Waals surface area contributed by atoms with Gasteiger partial charge in [-0.2, -0.15) is 0 Å². The fraction of sp³-hybridized carbons (Fsp3) is 0.130. The van der Waals surface area contributed by atoms with Crippen molar-refractivity contribution in [3.63, 3.8) is 0 Å². The van der Waals surface area contributed by atoms with Gasteiger partial charge < -0.3 is 14.5 Å². The van der Waals surface area contributed by atoms with Gasteiger partial charge in [0.05, 0.1) is 0 Å². The van der Waals surface area contributed by atoms with Crippen LogP contribution in [0.25, 0.3) is 22.6 Å². The zero-order valence-corrected chi connectivity index (χ0v) is 15.8. The van der Waals surface area contributed by atoms with Crippen molar-refractivity contribution in [3.05, 3.63) is 78.1 Å². The summed E-state index contributed by atoms with van der Waals surface area (Å²) in [7, 11) is 0. The van der Waals surface area contributed by atoms with Crippen LogP contribution in [0, 0.1) is 5.82 Å². The molecule has 0 saturated carbocycles. The maximum absolute atomic E-state index is 13.1. The van der Waals surface area contributed by atoms with Crippen molar-refractivity contribution < 1.29 is 18.3 Å².